The first-order chi connectivity index (χ1) is 7.58. The lowest BCUT2D eigenvalue weighted by Crippen LogP contribution is -1.95. The number of aromatic nitrogens is 3. The Morgan fingerprint density at radius 2 is 2.31 bits per heavy atom. The minimum absolute atomic E-state index is 0.133. The second-order valence-corrected chi connectivity index (χ2v) is 3.71. The number of hydrogen-bond acceptors (Lipinski definition) is 4. The molecule has 82 valence electrons. The van der Waals surface area contributed by atoms with Crippen molar-refractivity contribution in [1.82, 2.24) is 15.0 Å². The highest BCUT2D eigenvalue weighted by Gasteiger charge is 2.10. The minimum atomic E-state index is -0.996. The molecule has 2 rings (SSSR count). The molecule has 6 heteroatoms. The summed E-state index contributed by atoms with van der Waals surface area (Å²) in [6, 6.07) is 1.53. The standard InChI is InChI=1S/C10H9N3O2S/c1-5-3-12-10(16)13-8(5)6-2-7(9(14)15)11-4-6/h2-4,11H,1H3,(H,14,15)(H,12,13,16). The molecule has 0 radical (unpaired) electrons. The predicted molar refractivity (Wildman–Crippen MR) is 60.8 cm³/mol. The molecular formula is C10H9N3O2S. The Balaban J connectivity index is 2.50. The number of nitrogens with zero attached hydrogens (tertiary/aromatic N) is 2. The second kappa shape index (κ2) is 3.97. The summed E-state index contributed by atoms with van der Waals surface area (Å²) in [5.41, 5.74) is 2.40. The highest BCUT2D eigenvalue weighted by molar-refractivity contribution is 7.80. The van der Waals surface area contributed by atoms with Crippen molar-refractivity contribution in [3.63, 3.8) is 0 Å². The van der Waals surface area contributed by atoms with Crippen molar-refractivity contribution in [2.75, 3.05) is 0 Å². The first kappa shape index (κ1) is 10.7. The fraction of sp³-hybridized carbons (Fsp3) is 0.100. The number of carboxylic acid groups (broad SMARTS) is 1. The Kier molecular flexibility index (Phi) is 2.66. The molecule has 2 heterocycles. The van der Waals surface area contributed by atoms with Crippen LogP contribution in [-0.4, -0.2) is 26.0 Å². The molecule has 0 aliphatic heterocycles. The average molecular weight is 235 g/mol. The molecule has 0 aromatic carbocycles. The van der Waals surface area contributed by atoms with Gasteiger partial charge in [0.1, 0.15) is 5.69 Å². The third kappa shape index (κ3) is 1.92. The molecule has 0 bridgehead atoms. The summed E-state index contributed by atoms with van der Waals surface area (Å²) in [4.78, 5) is 21.5. The summed E-state index contributed by atoms with van der Waals surface area (Å²) in [5.74, 6) is -0.996. The Morgan fingerprint density at radius 1 is 1.56 bits per heavy atom. The highest BCUT2D eigenvalue weighted by atomic mass is 32.1. The lowest BCUT2D eigenvalue weighted by Gasteiger charge is -2.01. The summed E-state index contributed by atoms with van der Waals surface area (Å²) < 4.78 is 0. The molecular weight excluding hydrogens is 226 g/mol. The maximum Gasteiger partial charge on any atom is 0.352 e. The van der Waals surface area contributed by atoms with Crippen LogP contribution in [0.2, 0.25) is 0 Å². The van der Waals surface area contributed by atoms with Gasteiger partial charge < -0.3 is 10.1 Å². The third-order valence-corrected chi connectivity index (χ3v) is 2.36. The van der Waals surface area contributed by atoms with Crippen LogP contribution in [0.15, 0.2) is 23.6 Å². The molecule has 2 aromatic rings. The van der Waals surface area contributed by atoms with E-state index in [2.05, 4.69) is 27.6 Å². The van der Waals surface area contributed by atoms with E-state index in [1.54, 1.807) is 12.4 Å². The van der Waals surface area contributed by atoms with E-state index in [9.17, 15) is 4.79 Å². The maximum atomic E-state index is 10.7. The average Bonchev–Trinajstić information content (AvgIpc) is 2.70. The van der Waals surface area contributed by atoms with Gasteiger partial charge in [-0.1, -0.05) is 0 Å². The minimum Gasteiger partial charge on any atom is -0.477 e. The van der Waals surface area contributed by atoms with Gasteiger partial charge in [0, 0.05) is 18.0 Å². The molecule has 0 aliphatic rings. The number of carboxylic acids is 1. The molecule has 2 N–H and O–H groups in total. The van der Waals surface area contributed by atoms with E-state index in [-0.39, 0.29) is 5.69 Å². The van der Waals surface area contributed by atoms with Crippen molar-refractivity contribution in [2.24, 2.45) is 0 Å². The van der Waals surface area contributed by atoms with Gasteiger partial charge in [-0.2, -0.15) is 0 Å². The van der Waals surface area contributed by atoms with Crippen molar-refractivity contribution in [1.29, 1.82) is 0 Å². The number of aromatic amines is 1. The fourth-order valence-corrected chi connectivity index (χ4v) is 1.54. The maximum absolute atomic E-state index is 10.7. The number of hydrogen-bond donors (Lipinski definition) is 3. The fourth-order valence-electron chi connectivity index (χ4n) is 1.38. The lowest BCUT2D eigenvalue weighted by molar-refractivity contribution is 0.0691. The Labute approximate surface area is 97.0 Å². The summed E-state index contributed by atoms with van der Waals surface area (Å²) in [7, 11) is 0. The van der Waals surface area contributed by atoms with Crippen molar-refractivity contribution < 1.29 is 9.90 Å². The van der Waals surface area contributed by atoms with Crippen LogP contribution >= 0.6 is 12.6 Å². The van der Waals surface area contributed by atoms with Crippen LogP contribution in [0.1, 0.15) is 16.1 Å². The van der Waals surface area contributed by atoms with Crippen molar-refractivity contribution >= 4 is 18.6 Å². The first-order valence-electron chi connectivity index (χ1n) is 4.52. The molecule has 0 aliphatic carbocycles. The van der Waals surface area contributed by atoms with E-state index in [1.165, 1.54) is 6.07 Å². The van der Waals surface area contributed by atoms with Crippen LogP contribution in [0.25, 0.3) is 11.3 Å². The molecule has 0 spiro atoms. The molecule has 2 aromatic heterocycles. The third-order valence-electron chi connectivity index (χ3n) is 2.15. The van der Waals surface area contributed by atoms with E-state index in [4.69, 9.17) is 5.11 Å². The number of rotatable bonds is 2. The van der Waals surface area contributed by atoms with E-state index in [1.807, 2.05) is 6.92 Å². The largest absolute Gasteiger partial charge is 0.477 e. The van der Waals surface area contributed by atoms with Gasteiger partial charge in [0.05, 0.1) is 5.69 Å². The number of aryl methyl sites for hydroxylation is 1. The molecule has 0 amide bonds. The molecule has 0 unspecified atom stereocenters. The van der Waals surface area contributed by atoms with Crippen molar-refractivity contribution in [3.05, 3.63) is 29.7 Å². The Hall–Kier alpha value is -1.82. The van der Waals surface area contributed by atoms with Gasteiger partial charge >= 0.3 is 5.97 Å². The van der Waals surface area contributed by atoms with Crippen molar-refractivity contribution in [3.8, 4) is 11.3 Å². The van der Waals surface area contributed by atoms with Gasteiger partial charge in [0.15, 0.2) is 5.16 Å². The van der Waals surface area contributed by atoms with Crippen molar-refractivity contribution in [2.45, 2.75) is 12.1 Å². The molecule has 0 atom stereocenters. The van der Waals surface area contributed by atoms with Gasteiger partial charge in [-0.05, 0) is 18.6 Å². The molecule has 5 nitrogen and oxygen atoms in total. The van der Waals surface area contributed by atoms with E-state index >= 15 is 0 Å². The zero-order chi connectivity index (χ0) is 11.7. The van der Waals surface area contributed by atoms with Crippen LogP contribution < -0.4 is 0 Å². The number of thiol groups is 1. The zero-order valence-electron chi connectivity index (χ0n) is 8.43. The first-order valence-corrected chi connectivity index (χ1v) is 4.97. The van der Waals surface area contributed by atoms with Crippen LogP contribution in [0.5, 0.6) is 0 Å². The lowest BCUT2D eigenvalue weighted by atomic mass is 10.1. The monoisotopic (exact) mass is 235 g/mol. The number of aromatic carboxylic acids is 1. The summed E-state index contributed by atoms with van der Waals surface area (Å²) in [5, 5.41) is 9.15. The molecule has 16 heavy (non-hydrogen) atoms. The SMILES string of the molecule is Cc1cnc(S)nc1-c1c[nH]c(C(=O)O)c1. The van der Waals surface area contributed by atoms with Gasteiger partial charge in [-0.25, -0.2) is 14.8 Å². The molecule has 0 saturated heterocycles. The van der Waals surface area contributed by atoms with Crippen LogP contribution in [-0.2, 0) is 0 Å². The summed E-state index contributed by atoms with van der Waals surface area (Å²) >= 11 is 4.05. The van der Waals surface area contributed by atoms with E-state index in [0.717, 1.165) is 5.56 Å². The number of nitrogens with one attached hydrogen (secondary N) is 1. The normalized spacial score (nSPS) is 10.4. The smallest absolute Gasteiger partial charge is 0.352 e. The summed E-state index contributed by atoms with van der Waals surface area (Å²) in [6.07, 6.45) is 3.25. The highest BCUT2D eigenvalue weighted by Crippen LogP contribution is 2.22. The van der Waals surface area contributed by atoms with Crippen LogP contribution in [0, 0.1) is 6.92 Å². The Morgan fingerprint density at radius 3 is 2.94 bits per heavy atom. The molecule has 0 fully saturated rings. The van der Waals surface area contributed by atoms with Gasteiger partial charge in [-0.3, -0.25) is 0 Å². The molecule has 0 saturated carbocycles. The van der Waals surface area contributed by atoms with Crippen LogP contribution in [0.3, 0.4) is 0 Å². The zero-order valence-corrected chi connectivity index (χ0v) is 9.32. The predicted octanol–water partition coefficient (Wildman–Crippen LogP) is 1.77. The second-order valence-electron chi connectivity index (χ2n) is 3.31. The quantitative estimate of drug-likeness (QED) is 0.547. The number of carbonyl (C=O) groups is 1. The van der Waals surface area contributed by atoms with Gasteiger partial charge in [-0.15, -0.1) is 12.6 Å². The van der Waals surface area contributed by atoms with E-state index < -0.39 is 5.97 Å². The van der Waals surface area contributed by atoms with Gasteiger partial charge in [0.25, 0.3) is 0 Å². The summed E-state index contributed by atoms with van der Waals surface area (Å²) in [6.45, 7) is 1.86. The van der Waals surface area contributed by atoms with Crippen LogP contribution in [0.4, 0.5) is 0 Å². The van der Waals surface area contributed by atoms with Gasteiger partial charge in [0.2, 0.25) is 0 Å². The van der Waals surface area contributed by atoms with E-state index in [0.29, 0.717) is 16.4 Å². The topological polar surface area (TPSA) is 78.9 Å². The number of H-pyrrole nitrogens is 1. The Bertz CT molecular complexity index is 551.